The lowest BCUT2D eigenvalue weighted by molar-refractivity contribution is -0.160. The molecule has 3 N–H and O–H groups in total. The number of ether oxygens (including phenoxy) is 2. The van der Waals surface area contributed by atoms with E-state index < -0.39 is 23.0 Å². The van der Waals surface area contributed by atoms with Crippen LogP contribution in [0.25, 0.3) is 0 Å². The average Bonchev–Trinajstić information content (AvgIpc) is 2.89. The molecule has 0 spiro atoms. The van der Waals surface area contributed by atoms with Crippen LogP contribution >= 0.6 is 22.6 Å². The van der Waals surface area contributed by atoms with Crippen molar-refractivity contribution in [2.75, 3.05) is 12.4 Å². The van der Waals surface area contributed by atoms with Crippen LogP contribution in [0.5, 0.6) is 5.75 Å². The minimum Gasteiger partial charge on any atom is -0.497 e. The molecule has 0 bridgehead atoms. The average molecular weight is 660 g/mol. The highest BCUT2D eigenvalue weighted by atomic mass is 127. The molecule has 2 aromatic carbocycles. The molecule has 0 radical (unpaired) electrons. The number of nitrogens with zero attached hydrogens (tertiary/aromatic N) is 1. The molecule has 3 aromatic rings. The van der Waals surface area contributed by atoms with Crippen LogP contribution in [0, 0.1) is 10.5 Å². The van der Waals surface area contributed by atoms with Gasteiger partial charge in [-0.2, -0.15) is 0 Å². The lowest BCUT2D eigenvalue weighted by atomic mass is 9.84. The number of carbonyl (C=O) groups is 2. The Morgan fingerprint density at radius 1 is 1.00 bits per heavy atom. The fraction of sp³-hybridized carbons (Fsp3) is 0.387. The maximum absolute atomic E-state index is 13.3. The Bertz CT molecular complexity index is 1420. The molecule has 0 aliphatic carbocycles. The second kappa shape index (κ2) is 12.6. The van der Waals surface area contributed by atoms with Crippen molar-refractivity contribution in [2.45, 2.75) is 71.6 Å². The van der Waals surface area contributed by atoms with Gasteiger partial charge < -0.3 is 25.1 Å². The van der Waals surface area contributed by atoms with E-state index in [0.717, 1.165) is 26.0 Å². The van der Waals surface area contributed by atoms with Crippen LogP contribution in [-0.2, 0) is 32.7 Å². The molecule has 1 aromatic heterocycles. The number of halogens is 1. The Morgan fingerprint density at radius 3 is 2.12 bits per heavy atom. The standard InChI is InChI=1S/C31H38IN3O5/c1-19-24(32)18-35(17-21-10-14-23(39-7)15-11-21)28(37)26(19)34-27(36)25(33)16-20-8-12-22(13-9-20)31(5,6)29(38)40-30(2,3)4/h8-15,18,25H,16-17,33H2,1-7H3,(H,34,36). The predicted molar refractivity (Wildman–Crippen MR) is 166 cm³/mol. The second-order valence-corrected chi connectivity index (χ2v) is 12.5. The zero-order chi connectivity index (χ0) is 29.8. The molecule has 8 nitrogen and oxygen atoms in total. The molecule has 0 fully saturated rings. The maximum atomic E-state index is 13.3. The molecule has 214 valence electrons. The van der Waals surface area contributed by atoms with Crippen LogP contribution in [0.15, 0.2) is 59.5 Å². The minimum atomic E-state index is -0.878. The number of nitrogens with one attached hydrogen (secondary N) is 1. The third-order valence-corrected chi connectivity index (χ3v) is 7.70. The fourth-order valence-electron chi connectivity index (χ4n) is 4.05. The van der Waals surface area contributed by atoms with E-state index in [1.807, 2.05) is 83.1 Å². The topological polar surface area (TPSA) is 113 Å². The summed E-state index contributed by atoms with van der Waals surface area (Å²) in [6.07, 6.45) is 2.04. The van der Waals surface area contributed by atoms with Gasteiger partial charge in [0.2, 0.25) is 5.91 Å². The molecular weight excluding hydrogens is 621 g/mol. The number of aromatic nitrogens is 1. The first-order valence-electron chi connectivity index (χ1n) is 13.0. The van der Waals surface area contributed by atoms with Crippen molar-refractivity contribution in [1.29, 1.82) is 0 Å². The van der Waals surface area contributed by atoms with E-state index >= 15 is 0 Å². The lowest BCUT2D eigenvalue weighted by Gasteiger charge is -2.29. The van der Waals surface area contributed by atoms with E-state index in [2.05, 4.69) is 27.9 Å². The number of hydrogen-bond acceptors (Lipinski definition) is 6. The summed E-state index contributed by atoms with van der Waals surface area (Å²) in [4.78, 5) is 39.1. The number of anilines is 1. The van der Waals surface area contributed by atoms with Crippen molar-refractivity contribution in [1.82, 2.24) is 4.57 Å². The number of hydrogen-bond donors (Lipinski definition) is 2. The Morgan fingerprint density at radius 2 is 1.57 bits per heavy atom. The van der Waals surface area contributed by atoms with Crippen molar-refractivity contribution in [2.24, 2.45) is 5.73 Å². The summed E-state index contributed by atoms with van der Waals surface area (Å²) in [7, 11) is 1.60. The number of benzene rings is 2. The van der Waals surface area contributed by atoms with Gasteiger partial charge in [-0.3, -0.25) is 14.4 Å². The van der Waals surface area contributed by atoms with E-state index in [0.29, 0.717) is 12.1 Å². The van der Waals surface area contributed by atoms with Gasteiger partial charge in [0.05, 0.1) is 25.1 Å². The van der Waals surface area contributed by atoms with Crippen molar-refractivity contribution in [3.8, 4) is 5.75 Å². The molecule has 0 saturated heterocycles. The molecule has 1 atom stereocenters. The summed E-state index contributed by atoms with van der Waals surface area (Å²) in [6.45, 7) is 11.3. The molecule has 3 rings (SSSR count). The van der Waals surface area contributed by atoms with E-state index in [1.54, 1.807) is 24.8 Å². The normalized spacial score (nSPS) is 12.5. The Kier molecular flexibility index (Phi) is 9.84. The Hall–Kier alpha value is -3.18. The number of pyridine rings is 1. The number of carbonyl (C=O) groups excluding carboxylic acids is 2. The number of rotatable bonds is 9. The molecule has 0 saturated carbocycles. The number of amides is 1. The number of nitrogens with two attached hydrogens (primary N) is 1. The summed E-state index contributed by atoms with van der Waals surface area (Å²) in [5.74, 6) is -0.0244. The summed E-state index contributed by atoms with van der Waals surface area (Å²) < 4.78 is 13.2. The molecule has 9 heteroatoms. The van der Waals surface area contributed by atoms with Gasteiger partial charge in [0.1, 0.15) is 17.0 Å². The quantitative estimate of drug-likeness (QED) is 0.249. The van der Waals surface area contributed by atoms with Gasteiger partial charge in [-0.1, -0.05) is 36.4 Å². The molecule has 1 unspecified atom stereocenters. The lowest BCUT2D eigenvalue weighted by Crippen LogP contribution is -2.39. The second-order valence-electron chi connectivity index (χ2n) is 11.4. The monoisotopic (exact) mass is 659 g/mol. The van der Waals surface area contributed by atoms with Gasteiger partial charge in [-0.25, -0.2) is 0 Å². The largest absolute Gasteiger partial charge is 0.497 e. The maximum Gasteiger partial charge on any atom is 0.316 e. The molecule has 40 heavy (non-hydrogen) atoms. The van der Waals surface area contributed by atoms with Crippen LogP contribution in [0.4, 0.5) is 5.69 Å². The first-order valence-corrected chi connectivity index (χ1v) is 14.1. The van der Waals surface area contributed by atoms with E-state index in [1.165, 1.54) is 0 Å². The number of esters is 1. The Labute approximate surface area is 249 Å². The summed E-state index contributed by atoms with van der Waals surface area (Å²) in [5.41, 5.74) is 8.01. The summed E-state index contributed by atoms with van der Waals surface area (Å²) in [5, 5.41) is 2.77. The van der Waals surface area contributed by atoms with Crippen LogP contribution in [0.3, 0.4) is 0 Å². The smallest absolute Gasteiger partial charge is 0.316 e. The molecule has 0 aliphatic rings. The first kappa shape index (κ1) is 31.3. The van der Waals surface area contributed by atoms with Gasteiger partial charge in [-0.05, 0) is 105 Å². The van der Waals surface area contributed by atoms with Crippen molar-refractivity contribution >= 4 is 40.2 Å². The highest BCUT2D eigenvalue weighted by Gasteiger charge is 2.34. The van der Waals surface area contributed by atoms with Crippen LogP contribution < -0.4 is 21.3 Å². The van der Waals surface area contributed by atoms with Crippen molar-refractivity contribution in [3.05, 3.63) is 90.9 Å². The van der Waals surface area contributed by atoms with Gasteiger partial charge >= 0.3 is 5.97 Å². The van der Waals surface area contributed by atoms with Crippen molar-refractivity contribution < 1.29 is 19.1 Å². The SMILES string of the molecule is COc1ccc(Cn2cc(I)c(C)c(NC(=O)C(N)Cc3ccc(C(C)(C)C(=O)OC(C)(C)C)cc3)c2=O)cc1. The molecule has 0 aliphatic heterocycles. The fourth-order valence-corrected chi connectivity index (χ4v) is 4.66. The highest BCUT2D eigenvalue weighted by molar-refractivity contribution is 14.1. The zero-order valence-corrected chi connectivity index (χ0v) is 26.3. The van der Waals surface area contributed by atoms with E-state index in [-0.39, 0.29) is 23.6 Å². The van der Waals surface area contributed by atoms with Gasteiger partial charge in [0.25, 0.3) is 5.56 Å². The highest BCUT2D eigenvalue weighted by Crippen LogP contribution is 2.27. The van der Waals surface area contributed by atoms with E-state index in [4.69, 9.17) is 15.2 Å². The third kappa shape index (κ3) is 7.72. The number of methoxy groups -OCH3 is 1. The van der Waals surface area contributed by atoms with Crippen LogP contribution in [0.2, 0.25) is 0 Å². The van der Waals surface area contributed by atoms with Crippen molar-refractivity contribution in [3.63, 3.8) is 0 Å². The third-order valence-electron chi connectivity index (χ3n) is 6.61. The van der Waals surface area contributed by atoms with Gasteiger partial charge in [0.15, 0.2) is 0 Å². The first-order chi connectivity index (χ1) is 18.6. The zero-order valence-electron chi connectivity index (χ0n) is 24.1. The molecule has 1 heterocycles. The van der Waals surface area contributed by atoms with Crippen LogP contribution in [0.1, 0.15) is 56.9 Å². The summed E-state index contributed by atoms with van der Waals surface area (Å²) in [6, 6.07) is 14.0. The van der Waals surface area contributed by atoms with Gasteiger partial charge in [-0.15, -0.1) is 0 Å². The molecular formula is C31H38IN3O5. The van der Waals surface area contributed by atoms with Gasteiger partial charge in [0, 0.05) is 9.77 Å². The summed E-state index contributed by atoms with van der Waals surface area (Å²) >= 11 is 2.15. The van der Waals surface area contributed by atoms with Crippen LogP contribution in [-0.4, -0.2) is 35.2 Å². The minimum absolute atomic E-state index is 0.218. The predicted octanol–water partition coefficient (Wildman–Crippen LogP) is 4.95. The molecule has 1 amide bonds. The van der Waals surface area contributed by atoms with E-state index in [9.17, 15) is 14.4 Å². The Balaban J connectivity index is 1.72.